The molecule has 1 unspecified atom stereocenters. The summed E-state index contributed by atoms with van der Waals surface area (Å²) < 4.78 is 12.8. The van der Waals surface area contributed by atoms with Crippen molar-refractivity contribution in [2.45, 2.75) is 13.8 Å². The molecule has 0 N–H and O–H groups in total. The van der Waals surface area contributed by atoms with Crippen LogP contribution in [0.25, 0.3) is 0 Å². The number of anilines is 1. The molecule has 0 heterocycles. The lowest BCUT2D eigenvalue weighted by Crippen LogP contribution is -2.35. The number of alkyl halides is 1. The SMILES string of the molecule is CCN(C(=O)C(C)CCl)c1ccc(F)cc1. The van der Waals surface area contributed by atoms with Gasteiger partial charge in [0, 0.05) is 24.0 Å². The highest BCUT2D eigenvalue weighted by molar-refractivity contribution is 6.19. The largest absolute Gasteiger partial charge is 0.312 e. The van der Waals surface area contributed by atoms with Crippen LogP contribution in [0.3, 0.4) is 0 Å². The van der Waals surface area contributed by atoms with E-state index in [1.165, 1.54) is 12.1 Å². The Hall–Kier alpha value is -1.09. The van der Waals surface area contributed by atoms with Crippen LogP contribution in [-0.2, 0) is 4.79 Å². The van der Waals surface area contributed by atoms with Gasteiger partial charge in [0.15, 0.2) is 0 Å². The molecule has 0 aliphatic carbocycles. The Morgan fingerprint density at radius 2 is 2.00 bits per heavy atom. The Kier molecular flexibility index (Phi) is 4.74. The van der Waals surface area contributed by atoms with Gasteiger partial charge in [-0.15, -0.1) is 11.6 Å². The third kappa shape index (κ3) is 2.95. The monoisotopic (exact) mass is 243 g/mol. The first-order chi connectivity index (χ1) is 7.60. The second kappa shape index (κ2) is 5.85. The number of nitrogens with zero attached hydrogens (tertiary/aromatic N) is 1. The topological polar surface area (TPSA) is 20.3 Å². The van der Waals surface area contributed by atoms with Crippen molar-refractivity contribution in [3.63, 3.8) is 0 Å². The van der Waals surface area contributed by atoms with Gasteiger partial charge in [0.2, 0.25) is 5.91 Å². The molecule has 16 heavy (non-hydrogen) atoms. The molecule has 0 spiro atoms. The highest BCUT2D eigenvalue weighted by atomic mass is 35.5. The fourth-order valence-electron chi connectivity index (χ4n) is 1.42. The van der Waals surface area contributed by atoms with Crippen LogP contribution < -0.4 is 4.90 Å². The lowest BCUT2D eigenvalue weighted by atomic mass is 10.1. The maximum absolute atomic E-state index is 12.8. The summed E-state index contributed by atoms with van der Waals surface area (Å²) in [7, 11) is 0. The first-order valence-corrected chi connectivity index (χ1v) is 5.76. The van der Waals surface area contributed by atoms with Gasteiger partial charge in [0.1, 0.15) is 5.82 Å². The first kappa shape index (κ1) is 13.0. The Bertz CT molecular complexity index is 353. The van der Waals surface area contributed by atoms with E-state index in [4.69, 9.17) is 11.6 Å². The number of hydrogen-bond acceptors (Lipinski definition) is 1. The molecule has 1 rings (SSSR count). The smallest absolute Gasteiger partial charge is 0.231 e. The first-order valence-electron chi connectivity index (χ1n) is 5.23. The average Bonchev–Trinajstić information content (AvgIpc) is 2.31. The van der Waals surface area contributed by atoms with E-state index >= 15 is 0 Å². The van der Waals surface area contributed by atoms with Crippen LogP contribution in [0.5, 0.6) is 0 Å². The molecule has 1 aromatic carbocycles. The van der Waals surface area contributed by atoms with E-state index in [9.17, 15) is 9.18 Å². The Balaban J connectivity index is 2.90. The van der Waals surface area contributed by atoms with Crippen molar-refractivity contribution in [1.29, 1.82) is 0 Å². The number of hydrogen-bond donors (Lipinski definition) is 0. The van der Waals surface area contributed by atoms with Crippen molar-refractivity contribution in [2.75, 3.05) is 17.3 Å². The number of rotatable bonds is 4. The standard InChI is InChI=1S/C12H15ClFNO/c1-3-15(12(16)9(2)8-13)11-6-4-10(14)5-7-11/h4-7,9H,3,8H2,1-2H3. The fourth-order valence-corrected chi connectivity index (χ4v) is 1.55. The molecule has 0 aliphatic rings. The van der Waals surface area contributed by atoms with Crippen LogP contribution in [0.2, 0.25) is 0 Å². The minimum absolute atomic E-state index is 0.0379. The van der Waals surface area contributed by atoms with Gasteiger partial charge in [-0.05, 0) is 31.2 Å². The van der Waals surface area contributed by atoms with E-state index in [-0.39, 0.29) is 23.5 Å². The van der Waals surface area contributed by atoms with Crippen molar-refractivity contribution in [3.8, 4) is 0 Å². The zero-order valence-electron chi connectivity index (χ0n) is 9.41. The molecule has 0 saturated heterocycles. The summed E-state index contributed by atoms with van der Waals surface area (Å²) in [5, 5.41) is 0. The molecule has 0 fully saturated rings. The van der Waals surface area contributed by atoms with E-state index in [0.29, 0.717) is 12.2 Å². The number of halogens is 2. The zero-order chi connectivity index (χ0) is 12.1. The average molecular weight is 244 g/mol. The maximum Gasteiger partial charge on any atom is 0.231 e. The summed E-state index contributed by atoms with van der Waals surface area (Å²) in [4.78, 5) is 13.5. The zero-order valence-corrected chi connectivity index (χ0v) is 10.2. The lowest BCUT2D eigenvalue weighted by Gasteiger charge is -2.23. The van der Waals surface area contributed by atoms with E-state index in [2.05, 4.69) is 0 Å². The molecule has 1 atom stereocenters. The van der Waals surface area contributed by atoms with Crippen LogP contribution in [0.1, 0.15) is 13.8 Å². The van der Waals surface area contributed by atoms with Crippen molar-refractivity contribution < 1.29 is 9.18 Å². The summed E-state index contributed by atoms with van der Waals surface area (Å²) in [6.45, 7) is 4.20. The number of benzene rings is 1. The molecular formula is C12H15ClFNO. The predicted octanol–water partition coefficient (Wildman–Crippen LogP) is 3.05. The Morgan fingerprint density at radius 1 is 1.44 bits per heavy atom. The van der Waals surface area contributed by atoms with E-state index in [1.807, 2.05) is 6.92 Å². The van der Waals surface area contributed by atoms with Crippen molar-refractivity contribution in [2.24, 2.45) is 5.92 Å². The summed E-state index contributed by atoms with van der Waals surface area (Å²) in [6, 6.07) is 5.88. The van der Waals surface area contributed by atoms with Crippen molar-refractivity contribution in [3.05, 3.63) is 30.1 Å². The molecule has 0 radical (unpaired) electrons. The molecule has 0 bridgehead atoms. The lowest BCUT2D eigenvalue weighted by molar-refractivity contribution is -0.121. The van der Waals surface area contributed by atoms with Crippen LogP contribution in [-0.4, -0.2) is 18.3 Å². The van der Waals surface area contributed by atoms with Gasteiger partial charge in [-0.25, -0.2) is 4.39 Å². The van der Waals surface area contributed by atoms with Gasteiger partial charge in [0.05, 0.1) is 0 Å². The quantitative estimate of drug-likeness (QED) is 0.745. The summed E-state index contributed by atoms with van der Waals surface area (Å²) >= 11 is 5.65. The van der Waals surface area contributed by atoms with Gasteiger partial charge in [-0.1, -0.05) is 6.92 Å². The Labute approximate surface area is 100 Å². The maximum atomic E-state index is 12.8. The highest BCUT2D eigenvalue weighted by Gasteiger charge is 2.19. The summed E-state index contributed by atoms with van der Waals surface area (Å²) in [6.07, 6.45) is 0. The molecule has 2 nitrogen and oxygen atoms in total. The summed E-state index contributed by atoms with van der Waals surface area (Å²) in [5.74, 6) is -0.287. The van der Waals surface area contributed by atoms with Crippen molar-refractivity contribution in [1.82, 2.24) is 0 Å². The van der Waals surface area contributed by atoms with Crippen LogP contribution in [0, 0.1) is 11.7 Å². The summed E-state index contributed by atoms with van der Waals surface area (Å²) in [5.41, 5.74) is 0.700. The third-order valence-electron chi connectivity index (χ3n) is 2.37. The molecule has 1 amide bonds. The van der Waals surface area contributed by atoms with Gasteiger partial charge in [-0.2, -0.15) is 0 Å². The second-order valence-electron chi connectivity index (χ2n) is 3.61. The second-order valence-corrected chi connectivity index (χ2v) is 3.92. The van der Waals surface area contributed by atoms with Gasteiger partial charge in [0.25, 0.3) is 0 Å². The molecule has 88 valence electrons. The predicted molar refractivity (Wildman–Crippen MR) is 64.3 cm³/mol. The highest BCUT2D eigenvalue weighted by Crippen LogP contribution is 2.17. The Morgan fingerprint density at radius 3 is 2.44 bits per heavy atom. The normalized spacial score (nSPS) is 12.2. The number of carbonyl (C=O) groups is 1. The molecule has 0 aromatic heterocycles. The fraction of sp³-hybridized carbons (Fsp3) is 0.417. The molecule has 0 aliphatic heterocycles. The van der Waals surface area contributed by atoms with Gasteiger partial charge < -0.3 is 4.90 Å². The van der Waals surface area contributed by atoms with Gasteiger partial charge >= 0.3 is 0 Å². The third-order valence-corrected chi connectivity index (χ3v) is 2.84. The molecule has 4 heteroatoms. The van der Waals surface area contributed by atoms with Crippen LogP contribution in [0.15, 0.2) is 24.3 Å². The van der Waals surface area contributed by atoms with Crippen LogP contribution >= 0.6 is 11.6 Å². The molecular weight excluding hydrogens is 229 g/mol. The van der Waals surface area contributed by atoms with Crippen molar-refractivity contribution >= 4 is 23.2 Å². The van der Waals surface area contributed by atoms with E-state index < -0.39 is 0 Å². The molecule has 1 aromatic rings. The van der Waals surface area contributed by atoms with E-state index in [1.54, 1.807) is 24.0 Å². The number of carbonyl (C=O) groups excluding carboxylic acids is 1. The number of amides is 1. The van der Waals surface area contributed by atoms with E-state index in [0.717, 1.165) is 0 Å². The molecule has 0 saturated carbocycles. The minimum Gasteiger partial charge on any atom is -0.312 e. The van der Waals surface area contributed by atoms with Crippen LogP contribution in [0.4, 0.5) is 10.1 Å². The minimum atomic E-state index is -0.308. The van der Waals surface area contributed by atoms with Gasteiger partial charge in [-0.3, -0.25) is 4.79 Å².